The molecule has 2 aromatic carbocycles. The molecule has 126 valence electrons. The van der Waals surface area contributed by atoms with Gasteiger partial charge in [0.2, 0.25) is 10.0 Å². The lowest BCUT2D eigenvalue weighted by molar-refractivity contribution is 0.253. The third kappa shape index (κ3) is 5.21. The van der Waals surface area contributed by atoms with Gasteiger partial charge in [0, 0.05) is 18.3 Å². The SMILES string of the molecule is CC(c1ccc(S(N)(=O)=O)cc1)N(C)Cc1cccc(N)c1.Cl. The Bertz CT molecular complexity index is 748. The zero-order valence-corrected chi connectivity index (χ0v) is 14.8. The Balaban J connectivity index is 0.00000264. The topological polar surface area (TPSA) is 89.4 Å². The highest BCUT2D eigenvalue weighted by Crippen LogP contribution is 2.22. The highest BCUT2D eigenvalue weighted by molar-refractivity contribution is 7.89. The number of benzene rings is 2. The van der Waals surface area contributed by atoms with Crippen LogP contribution in [0.1, 0.15) is 24.1 Å². The fourth-order valence-corrected chi connectivity index (χ4v) is 2.82. The Morgan fingerprint density at radius 2 is 1.74 bits per heavy atom. The van der Waals surface area contributed by atoms with Crippen molar-refractivity contribution in [2.75, 3.05) is 12.8 Å². The quantitative estimate of drug-likeness (QED) is 0.806. The minimum Gasteiger partial charge on any atom is -0.399 e. The first-order valence-electron chi connectivity index (χ1n) is 6.95. The Hall–Kier alpha value is -1.60. The van der Waals surface area contributed by atoms with Crippen molar-refractivity contribution in [3.05, 3.63) is 59.7 Å². The number of hydrogen-bond donors (Lipinski definition) is 2. The molecule has 0 saturated heterocycles. The maximum atomic E-state index is 11.3. The Kier molecular flexibility index (Phi) is 6.58. The standard InChI is InChI=1S/C16H21N3O2S.ClH/c1-12(14-6-8-16(9-7-14)22(18,20)21)19(2)11-13-4-3-5-15(17)10-13;/h3-10,12H,11,17H2,1-2H3,(H2,18,20,21);1H. The average molecular weight is 356 g/mol. The molecule has 0 fully saturated rings. The molecule has 0 aliphatic carbocycles. The predicted octanol–water partition coefficient (Wildman–Crippen LogP) is 2.53. The Labute approximate surface area is 143 Å². The van der Waals surface area contributed by atoms with Crippen LogP contribution in [-0.2, 0) is 16.6 Å². The van der Waals surface area contributed by atoms with Crippen LogP contribution in [0.3, 0.4) is 0 Å². The largest absolute Gasteiger partial charge is 0.399 e. The molecule has 4 N–H and O–H groups in total. The summed E-state index contributed by atoms with van der Waals surface area (Å²) in [4.78, 5) is 2.29. The third-order valence-electron chi connectivity index (χ3n) is 3.74. The zero-order chi connectivity index (χ0) is 16.3. The van der Waals surface area contributed by atoms with Crippen molar-refractivity contribution in [3.8, 4) is 0 Å². The van der Waals surface area contributed by atoms with Gasteiger partial charge in [-0.25, -0.2) is 13.6 Å². The van der Waals surface area contributed by atoms with Crippen molar-refractivity contribution in [2.45, 2.75) is 24.4 Å². The first-order valence-corrected chi connectivity index (χ1v) is 8.49. The number of nitrogens with two attached hydrogens (primary N) is 2. The second kappa shape index (κ2) is 7.79. The van der Waals surface area contributed by atoms with E-state index in [-0.39, 0.29) is 23.3 Å². The number of rotatable bonds is 5. The van der Waals surface area contributed by atoms with E-state index in [0.29, 0.717) is 0 Å². The molecule has 1 unspecified atom stereocenters. The van der Waals surface area contributed by atoms with Gasteiger partial charge in [0.1, 0.15) is 0 Å². The van der Waals surface area contributed by atoms with Crippen LogP contribution in [0.5, 0.6) is 0 Å². The molecule has 5 nitrogen and oxygen atoms in total. The van der Waals surface area contributed by atoms with Crippen LogP contribution in [0, 0.1) is 0 Å². The smallest absolute Gasteiger partial charge is 0.238 e. The van der Waals surface area contributed by atoms with Gasteiger partial charge in [-0.2, -0.15) is 0 Å². The number of nitrogens with zero attached hydrogens (tertiary/aromatic N) is 1. The summed E-state index contributed by atoms with van der Waals surface area (Å²) < 4.78 is 22.6. The van der Waals surface area contributed by atoms with Gasteiger partial charge in [-0.3, -0.25) is 4.90 Å². The summed E-state index contributed by atoms with van der Waals surface area (Å²) >= 11 is 0. The van der Waals surface area contributed by atoms with Gasteiger partial charge in [0.15, 0.2) is 0 Å². The number of hydrogen-bond acceptors (Lipinski definition) is 4. The van der Waals surface area contributed by atoms with E-state index >= 15 is 0 Å². The number of sulfonamides is 1. The summed E-state index contributed by atoms with van der Waals surface area (Å²) in [6, 6.07) is 14.6. The van der Waals surface area contributed by atoms with E-state index in [1.165, 1.54) is 12.1 Å². The van der Waals surface area contributed by atoms with Crippen LogP contribution >= 0.6 is 12.4 Å². The van der Waals surface area contributed by atoms with E-state index in [1.54, 1.807) is 12.1 Å². The van der Waals surface area contributed by atoms with Gasteiger partial charge in [0.25, 0.3) is 0 Å². The van der Waals surface area contributed by atoms with Crippen LogP contribution in [0.15, 0.2) is 53.4 Å². The molecular formula is C16H22ClN3O2S. The molecule has 0 spiro atoms. The minimum absolute atomic E-state index is 0. The first kappa shape index (κ1) is 19.4. The zero-order valence-electron chi connectivity index (χ0n) is 13.1. The van der Waals surface area contributed by atoms with Crippen molar-refractivity contribution in [1.29, 1.82) is 0 Å². The van der Waals surface area contributed by atoms with Gasteiger partial charge in [0.05, 0.1) is 4.90 Å². The van der Waals surface area contributed by atoms with Crippen LogP contribution in [-0.4, -0.2) is 20.4 Å². The van der Waals surface area contributed by atoms with E-state index in [4.69, 9.17) is 10.9 Å². The van der Waals surface area contributed by atoms with Gasteiger partial charge >= 0.3 is 0 Å². The maximum absolute atomic E-state index is 11.3. The fraction of sp³-hybridized carbons (Fsp3) is 0.250. The number of anilines is 1. The van der Waals surface area contributed by atoms with Crippen molar-refractivity contribution < 1.29 is 8.42 Å². The molecule has 0 radical (unpaired) electrons. The number of primary sulfonamides is 1. The molecule has 2 rings (SSSR count). The molecule has 0 aliphatic heterocycles. The lowest BCUT2D eigenvalue weighted by atomic mass is 10.1. The summed E-state index contributed by atoms with van der Waals surface area (Å²) in [5.74, 6) is 0. The molecule has 0 aliphatic rings. The van der Waals surface area contributed by atoms with Gasteiger partial charge < -0.3 is 5.73 Å². The minimum atomic E-state index is -3.65. The summed E-state index contributed by atoms with van der Waals surface area (Å²) in [5, 5.41) is 5.11. The molecule has 0 aromatic heterocycles. The monoisotopic (exact) mass is 355 g/mol. The number of halogens is 1. The van der Waals surface area contributed by atoms with E-state index in [2.05, 4.69) is 11.8 Å². The normalized spacial score (nSPS) is 12.7. The molecule has 1 atom stereocenters. The Morgan fingerprint density at radius 3 is 2.26 bits per heavy atom. The first-order chi connectivity index (χ1) is 10.3. The van der Waals surface area contributed by atoms with E-state index in [1.807, 2.05) is 31.3 Å². The molecule has 0 saturated carbocycles. The molecular weight excluding hydrogens is 334 g/mol. The van der Waals surface area contributed by atoms with Crippen LogP contribution in [0.2, 0.25) is 0 Å². The second-order valence-electron chi connectivity index (χ2n) is 5.45. The summed E-state index contributed by atoms with van der Waals surface area (Å²) in [5.41, 5.74) is 8.70. The molecule has 0 amide bonds. The average Bonchev–Trinajstić information content (AvgIpc) is 2.45. The molecule has 0 heterocycles. The summed E-state index contributed by atoms with van der Waals surface area (Å²) in [7, 11) is -1.63. The summed E-state index contributed by atoms with van der Waals surface area (Å²) in [6.07, 6.45) is 0. The van der Waals surface area contributed by atoms with E-state index in [9.17, 15) is 8.42 Å². The summed E-state index contributed by atoms with van der Waals surface area (Å²) in [6.45, 7) is 2.82. The highest BCUT2D eigenvalue weighted by atomic mass is 35.5. The molecule has 2 aromatic rings. The lowest BCUT2D eigenvalue weighted by Crippen LogP contribution is -2.22. The van der Waals surface area contributed by atoms with Crippen molar-refractivity contribution >= 4 is 28.1 Å². The fourth-order valence-electron chi connectivity index (χ4n) is 2.31. The van der Waals surface area contributed by atoms with Crippen LogP contribution in [0.4, 0.5) is 5.69 Å². The van der Waals surface area contributed by atoms with Crippen LogP contribution in [0.25, 0.3) is 0 Å². The van der Waals surface area contributed by atoms with Gasteiger partial charge in [-0.05, 0) is 49.4 Å². The number of nitrogen functional groups attached to an aromatic ring is 1. The third-order valence-corrected chi connectivity index (χ3v) is 4.66. The van der Waals surface area contributed by atoms with Crippen LogP contribution < -0.4 is 10.9 Å². The molecule has 23 heavy (non-hydrogen) atoms. The van der Waals surface area contributed by atoms with Crippen molar-refractivity contribution in [2.24, 2.45) is 5.14 Å². The molecule has 0 bridgehead atoms. The van der Waals surface area contributed by atoms with E-state index < -0.39 is 10.0 Å². The second-order valence-corrected chi connectivity index (χ2v) is 7.01. The molecule has 7 heteroatoms. The van der Waals surface area contributed by atoms with E-state index in [0.717, 1.165) is 23.4 Å². The lowest BCUT2D eigenvalue weighted by Gasteiger charge is -2.25. The van der Waals surface area contributed by atoms with Crippen molar-refractivity contribution in [1.82, 2.24) is 4.90 Å². The van der Waals surface area contributed by atoms with Gasteiger partial charge in [-0.1, -0.05) is 24.3 Å². The van der Waals surface area contributed by atoms with Gasteiger partial charge in [-0.15, -0.1) is 12.4 Å². The predicted molar refractivity (Wildman–Crippen MR) is 95.8 cm³/mol. The highest BCUT2D eigenvalue weighted by Gasteiger charge is 2.14. The maximum Gasteiger partial charge on any atom is 0.238 e. The Morgan fingerprint density at radius 1 is 1.13 bits per heavy atom. The van der Waals surface area contributed by atoms with Crippen molar-refractivity contribution in [3.63, 3.8) is 0 Å².